The number of nitrogens with one attached hydrogen (secondary N) is 1. The number of hydrogen-bond donors (Lipinski definition) is 1. The third-order valence-corrected chi connectivity index (χ3v) is 3.52. The van der Waals surface area contributed by atoms with Gasteiger partial charge in [0.05, 0.1) is 5.69 Å². The molecule has 2 rings (SSSR count). The van der Waals surface area contributed by atoms with Crippen molar-refractivity contribution in [3.63, 3.8) is 0 Å². The summed E-state index contributed by atoms with van der Waals surface area (Å²) in [6.45, 7) is 7.39. The first-order valence-electron chi connectivity index (χ1n) is 7.67. The Morgan fingerprint density at radius 3 is 2.52 bits per heavy atom. The Labute approximate surface area is 127 Å². The van der Waals surface area contributed by atoms with Gasteiger partial charge in [0.15, 0.2) is 0 Å². The van der Waals surface area contributed by atoms with Crippen LogP contribution >= 0.6 is 0 Å². The van der Waals surface area contributed by atoms with Crippen LogP contribution in [0.1, 0.15) is 44.0 Å². The zero-order valence-electron chi connectivity index (χ0n) is 13.1. The molecule has 1 aromatic heterocycles. The van der Waals surface area contributed by atoms with Gasteiger partial charge in [0.25, 0.3) is 0 Å². The molecule has 21 heavy (non-hydrogen) atoms. The van der Waals surface area contributed by atoms with E-state index >= 15 is 0 Å². The summed E-state index contributed by atoms with van der Waals surface area (Å²) in [7, 11) is 0. The molecule has 112 valence electrons. The molecule has 1 N–H and O–H groups in total. The summed E-state index contributed by atoms with van der Waals surface area (Å²) in [4.78, 5) is 4.23. The number of ether oxygens (including phenoxy) is 1. The highest BCUT2D eigenvalue weighted by Gasteiger charge is 2.08. The smallest absolute Gasteiger partial charge is 0.148 e. The van der Waals surface area contributed by atoms with Crippen molar-refractivity contribution < 1.29 is 4.74 Å². The molecule has 0 amide bonds. The van der Waals surface area contributed by atoms with Crippen molar-refractivity contribution in [2.45, 2.75) is 39.7 Å². The van der Waals surface area contributed by atoms with Crippen LogP contribution in [0.25, 0.3) is 0 Å². The maximum atomic E-state index is 5.88. The fourth-order valence-corrected chi connectivity index (χ4v) is 2.29. The number of pyridine rings is 1. The van der Waals surface area contributed by atoms with Crippen LogP contribution in [0.2, 0.25) is 0 Å². The highest BCUT2D eigenvalue weighted by molar-refractivity contribution is 5.35. The van der Waals surface area contributed by atoms with Crippen molar-refractivity contribution in [2.75, 3.05) is 6.54 Å². The van der Waals surface area contributed by atoms with Gasteiger partial charge in [-0.25, -0.2) is 0 Å². The van der Waals surface area contributed by atoms with Crippen molar-refractivity contribution in [1.29, 1.82) is 0 Å². The third kappa shape index (κ3) is 4.30. The number of nitrogens with zero attached hydrogens (tertiary/aromatic N) is 1. The summed E-state index contributed by atoms with van der Waals surface area (Å²) in [5.74, 6) is 1.65. The lowest BCUT2D eigenvalue weighted by atomic mass is 10.0. The zero-order valence-corrected chi connectivity index (χ0v) is 13.1. The van der Waals surface area contributed by atoms with Gasteiger partial charge in [-0.3, -0.25) is 4.98 Å². The SMILES string of the molecule is CCCNC(CC)c1ccc(Oc2cccnc2C)cc1. The Hall–Kier alpha value is -1.87. The van der Waals surface area contributed by atoms with E-state index in [1.54, 1.807) is 6.20 Å². The third-order valence-electron chi connectivity index (χ3n) is 3.52. The molecule has 0 bridgehead atoms. The van der Waals surface area contributed by atoms with Gasteiger partial charge >= 0.3 is 0 Å². The number of aromatic nitrogens is 1. The van der Waals surface area contributed by atoms with Gasteiger partial charge in [-0.15, -0.1) is 0 Å². The molecule has 0 saturated heterocycles. The second-order valence-corrected chi connectivity index (χ2v) is 5.17. The fraction of sp³-hybridized carbons (Fsp3) is 0.389. The molecule has 0 fully saturated rings. The van der Waals surface area contributed by atoms with E-state index in [0.29, 0.717) is 6.04 Å². The van der Waals surface area contributed by atoms with Gasteiger partial charge < -0.3 is 10.1 Å². The predicted molar refractivity (Wildman–Crippen MR) is 86.8 cm³/mol. The zero-order chi connectivity index (χ0) is 15.1. The number of aryl methyl sites for hydroxylation is 1. The summed E-state index contributed by atoms with van der Waals surface area (Å²) >= 11 is 0. The Morgan fingerprint density at radius 1 is 1.14 bits per heavy atom. The van der Waals surface area contributed by atoms with Crippen molar-refractivity contribution in [1.82, 2.24) is 10.3 Å². The molecule has 2 aromatic rings. The predicted octanol–water partition coefficient (Wildman–Crippen LogP) is 4.63. The van der Waals surface area contributed by atoms with Crippen LogP contribution in [0.15, 0.2) is 42.6 Å². The van der Waals surface area contributed by atoms with E-state index < -0.39 is 0 Å². The van der Waals surface area contributed by atoms with Crippen LogP contribution in [0.4, 0.5) is 0 Å². The van der Waals surface area contributed by atoms with E-state index in [1.165, 1.54) is 5.56 Å². The molecule has 1 unspecified atom stereocenters. The molecule has 3 nitrogen and oxygen atoms in total. The maximum absolute atomic E-state index is 5.88. The van der Waals surface area contributed by atoms with E-state index in [4.69, 9.17) is 4.74 Å². The van der Waals surface area contributed by atoms with Gasteiger partial charge in [-0.1, -0.05) is 26.0 Å². The van der Waals surface area contributed by atoms with Crippen molar-refractivity contribution in [3.05, 3.63) is 53.9 Å². The molecule has 1 heterocycles. The van der Waals surface area contributed by atoms with Crippen LogP contribution in [0.3, 0.4) is 0 Å². The number of benzene rings is 1. The van der Waals surface area contributed by atoms with Gasteiger partial charge in [-0.2, -0.15) is 0 Å². The molecule has 0 aliphatic rings. The summed E-state index contributed by atoms with van der Waals surface area (Å²) in [6.07, 6.45) is 4.01. The van der Waals surface area contributed by atoms with Crippen LogP contribution in [-0.4, -0.2) is 11.5 Å². The van der Waals surface area contributed by atoms with E-state index in [0.717, 1.165) is 36.6 Å². The van der Waals surface area contributed by atoms with Gasteiger partial charge in [0.2, 0.25) is 0 Å². The summed E-state index contributed by atoms with van der Waals surface area (Å²) < 4.78 is 5.88. The maximum Gasteiger partial charge on any atom is 0.148 e. The van der Waals surface area contributed by atoms with E-state index in [2.05, 4.69) is 36.3 Å². The largest absolute Gasteiger partial charge is 0.455 e. The molecule has 3 heteroatoms. The van der Waals surface area contributed by atoms with E-state index in [-0.39, 0.29) is 0 Å². The Bertz CT molecular complexity index is 551. The topological polar surface area (TPSA) is 34.1 Å². The van der Waals surface area contributed by atoms with Gasteiger partial charge in [0, 0.05) is 12.2 Å². The summed E-state index contributed by atoms with van der Waals surface area (Å²) in [5.41, 5.74) is 2.21. The molecule has 0 aliphatic heterocycles. The number of rotatable bonds is 7. The van der Waals surface area contributed by atoms with Gasteiger partial charge in [0.1, 0.15) is 11.5 Å². The van der Waals surface area contributed by atoms with Crippen molar-refractivity contribution >= 4 is 0 Å². The first kappa shape index (κ1) is 15.5. The minimum absolute atomic E-state index is 0.416. The van der Waals surface area contributed by atoms with E-state index in [9.17, 15) is 0 Å². The highest BCUT2D eigenvalue weighted by Crippen LogP contribution is 2.25. The fourth-order valence-electron chi connectivity index (χ4n) is 2.29. The quantitative estimate of drug-likeness (QED) is 0.804. The lowest BCUT2D eigenvalue weighted by molar-refractivity contribution is 0.474. The van der Waals surface area contributed by atoms with Crippen LogP contribution in [0.5, 0.6) is 11.5 Å². The molecule has 1 aromatic carbocycles. The first-order valence-corrected chi connectivity index (χ1v) is 7.67. The minimum atomic E-state index is 0.416. The van der Waals surface area contributed by atoms with Crippen LogP contribution in [0, 0.1) is 6.92 Å². The van der Waals surface area contributed by atoms with Crippen LogP contribution < -0.4 is 10.1 Å². The minimum Gasteiger partial charge on any atom is -0.455 e. The Balaban J connectivity index is 2.06. The van der Waals surface area contributed by atoms with Crippen molar-refractivity contribution in [3.8, 4) is 11.5 Å². The normalized spacial score (nSPS) is 12.1. The van der Waals surface area contributed by atoms with Crippen molar-refractivity contribution in [2.24, 2.45) is 0 Å². The highest BCUT2D eigenvalue weighted by atomic mass is 16.5. The molecule has 0 radical (unpaired) electrons. The number of hydrogen-bond acceptors (Lipinski definition) is 3. The van der Waals surface area contributed by atoms with Crippen LogP contribution in [-0.2, 0) is 0 Å². The van der Waals surface area contributed by atoms with E-state index in [1.807, 2.05) is 31.2 Å². The second kappa shape index (κ2) is 7.79. The molecular weight excluding hydrogens is 260 g/mol. The lowest BCUT2D eigenvalue weighted by Crippen LogP contribution is -2.21. The summed E-state index contributed by atoms with van der Waals surface area (Å²) in [6, 6.07) is 12.6. The molecule has 1 atom stereocenters. The molecular formula is C18H24N2O. The Morgan fingerprint density at radius 2 is 1.90 bits per heavy atom. The Kier molecular flexibility index (Phi) is 5.76. The first-order chi connectivity index (χ1) is 10.2. The molecule has 0 saturated carbocycles. The molecule has 0 spiro atoms. The standard InChI is InChI=1S/C18H24N2O/c1-4-12-20-17(5-2)15-8-10-16(11-9-15)21-18-7-6-13-19-14(18)3/h6-11,13,17,20H,4-5,12H2,1-3H3. The summed E-state index contributed by atoms with van der Waals surface area (Å²) in [5, 5.41) is 3.56. The second-order valence-electron chi connectivity index (χ2n) is 5.17. The molecule has 0 aliphatic carbocycles. The average Bonchev–Trinajstić information content (AvgIpc) is 2.52. The average molecular weight is 284 g/mol. The van der Waals surface area contributed by atoms with Gasteiger partial charge in [-0.05, 0) is 56.1 Å². The monoisotopic (exact) mass is 284 g/mol. The lowest BCUT2D eigenvalue weighted by Gasteiger charge is -2.17.